The fourth-order valence-corrected chi connectivity index (χ4v) is 0.862. The molecule has 94 valence electrons. The normalized spacial score (nSPS) is 10.0. The van der Waals surface area contributed by atoms with Crippen LogP contribution in [0.15, 0.2) is 0 Å². The molecule has 6 heteroatoms. The fourth-order valence-electron chi connectivity index (χ4n) is 0.695. The van der Waals surface area contributed by atoms with E-state index in [1.54, 1.807) is 0 Å². The van der Waals surface area contributed by atoms with Gasteiger partial charge in [-0.25, -0.2) is 0 Å². The van der Waals surface area contributed by atoms with E-state index in [2.05, 4.69) is 0 Å². The summed E-state index contributed by atoms with van der Waals surface area (Å²) in [5.41, 5.74) is 0. The molecule has 0 aromatic heterocycles. The first-order valence-electron chi connectivity index (χ1n) is 5.01. The largest absolute Gasteiger partial charge is 0.372 e. The Balaban J connectivity index is 3.35. The highest BCUT2D eigenvalue weighted by Gasteiger charge is 2.00. The lowest BCUT2D eigenvalue weighted by Crippen LogP contribution is -2.26. The fraction of sp³-hybridized carbons (Fsp3) is 0.800. The van der Waals surface area contributed by atoms with Crippen LogP contribution in [0.25, 0.3) is 0 Å². The number of ether oxygens (including phenoxy) is 2. The van der Waals surface area contributed by atoms with Gasteiger partial charge in [-0.05, 0) is 0 Å². The second kappa shape index (κ2) is 8.81. The maximum atomic E-state index is 5.33. The summed E-state index contributed by atoms with van der Waals surface area (Å²) in [6.45, 7) is 1.99. The molecule has 0 amide bonds. The van der Waals surface area contributed by atoms with Gasteiger partial charge >= 0.3 is 0 Å². The second-order valence-corrected chi connectivity index (χ2v) is 4.62. The van der Waals surface area contributed by atoms with E-state index < -0.39 is 0 Å². The maximum absolute atomic E-state index is 5.33. The zero-order valence-corrected chi connectivity index (χ0v) is 12.0. The SMILES string of the molecule is CN(C)C(=S)COCCOCC(=S)N(C)C. The van der Waals surface area contributed by atoms with Crippen LogP contribution in [0.3, 0.4) is 0 Å². The summed E-state index contributed by atoms with van der Waals surface area (Å²) in [5, 5.41) is 0. The first-order valence-corrected chi connectivity index (χ1v) is 5.82. The van der Waals surface area contributed by atoms with Gasteiger partial charge in [-0.3, -0.25) is 0 Å². The Hall–Kier alpha value is -0.300. The van der Waals surface area contributed by atoms with E-state index in [1.165, 1.54) is 0 Å². The second-order valence-electron chi connectivity index (χ2n) is 3.68. The molecule has 0 N–H and O–H groups in total. The molecule has 0 aliphatic carbocycles. The van der Waals surface area contributed by atoms with Crippen molar-refractivity contribution >= 4 is 34.4 Å². The summed E-state index contributed by atoms with van der Waals surface area (Å²) in [4.78, 5) is 5.28. The molecule has 0 atom stereocenters. The average Bonchev–Trinajstić information content (AvgIpc) is 2.21. The summed E-state index contributed by atoms with van der Waals surface area (Å²) < 4.78 is 10.7. The van der Waals surface area contributed by atoms with Gasteiger partial charge in [0.15, 0.2) is 0 Å². The third kappa shape index (κ3) is 7.92. The summed E-state index contributed by atoms with van der Waals surface area (Å²) in [6.07, 6.45) is 0. The molecule has 0 aromatic carbocycles. The number of rotatable bonds is 7. The molecule has 4 nitrogen and oxygen atoms in total. The Labute approximate surface area is 108 Å². The molecule has 16 heavy (non-hydrogen) atoms. The number of hydrogen-bond donors (Lipinski definition) is 0. The highest BCUT2D eigenvalue weighted by molar-refractivity contribution is 7.80. The van der Waals surface area contributed by atoms with Crippen molar-refractivity contribution in [3.63, 3.8) is 0 Å². The summed E-state index contributed by atoms with van der Waals surface area (Å²) in [6, 6.07) is 0. The van der Waals surface area contributed by atoms with E-state index in [1.807, 2.05) is 38.0 Å². The number of hydrogen-bond acceptors (Lipinski definition) is 4. The van der Waals surface area contributed by atoms with Crippen LogP contribution in [0.4, 0.5) is 0 Å². The molecular weight excluding hydrogens is 244 g/mol. The van der Waals surface area contributed by atoms with Gasteiger partial charge in [0.1, 0.15) is 9.98 Å². The quantitative estimate of drug-likeness (QED) is 0.498. The van der Waals surface area contributed by atoms with Crippen LogP contribution < -0.4 is 0 Å². The molecule has 0 saturated carbocycles. The van der Waals surface area contributed by atoms with Crippen LogP contribution in [-0.2, 0) is 9.47 Å². The average molecular weight is 264 g/mol. The minimum Gasteiger partial charge on any atom is -0.372 e. The molecule has 0 rings (SSSR count). The number of thiocarbonyl (C=S) groups is 2. The van der Waals surface area contributed by atoms with Crippen molar-refractivity contribution in [1.82, 2.24) is 9.80 Å². The monoisotopic (exact) mass is 264 g/mol. The lowest BCUT2D eigenvalue weighted by molar-refractivity contribution is 0.0762. The third-order valence-electron chi connectivity index (χ3n) is 1.82. The zero-order valence-electron chi connectivity index (χ0n) is 10.4. The Bertz CT molecular complexity index is 209. The molecule has 0 unspecified atom stereocenters. The predicted molar refractivity (Wildman–Crippen MR) is 74.2 cm³/mol. The highest BCUT2D eigenvalue weighted by Crippen LogP contribution is 1.88. The third-order valence-corrected chi connectivity index (χ3v) is 2.79. The van der Waals surface area contributed by atoms with E-state index in [4.69, 9.17) is 33.9 Å². The summed E-state index contributed by atoms with van der Waals surface area (Å²) in [7, 11) is 7.60. The molecule has 0 fully saturated rings. The van der Waals surface area contributed by atoms with Crippen LogP contribution in [0.2, 0.25) is 0 Å². The van der Waals surface area contributed by atoms with E-state index in [0.29, 0.717) is 26.4 Å². The molecule has 0 aliphatic heterocycles. The number of nitrogens with zero attached hydrogens (tertiary/aromatic N) is 2. The van der Waals surface area contributed by atoms with Gasteiger partial charge in [0.25, 0.3) is 0 Å². The molecule has 0 saturated heterocycles. The van der Waals surface area contributed by atoms with Gasteiger partial charge in [-0.2, -0.15) is 0 Å². The Morgan fingerprint density at radius 1 is 0.812 bits per heavy atom. The number of likely N-dealkylation sites (N-methyl/N-ethyl adjacent to an activating group) is 2. The lowest BCUT2D eigenvalue weighted by Gasteiger charge is -2.15. The topological polar surface area (TPSA) is 24.9 Å². The molecule has 0 aliphatic rings. The van der Waals surface area contributed by atoms with Crippen molar-refractivity contribution in [3.8, 4) is 0 Å². The van der Waals surface area contributed by atoms with Crippen molar-refractivity contribution in [2.24, 2.45) is 0 Å². The van der Waals surface area contributed by atoms with Crippen molar-refractivity contribution in [2.45, 2.75) is 0 Å². The minimum absolute atomic E-state index is 0.462. The van der Waals surface area contributed by atoms with Gasteiger partial charge in [-0.15, -0.1) is 0 Å². The molecule has 0 radical (unpaired) electrons. The highest BCUT2D eigenvalue weighted by atomic mass is 32.1. The molecule has 0 heterocycles. The lowest BCUT2D eigenvalue weighted by atomic mass is 10.6. The van der Waals surface area contributed by atoms with Crippen LogP contribution >= 0.6 is 24.4 Å². The Kier molecular flexibility index (Phi) is 8.64. The van der Waals surface area contributed by atoms with Crippen molar-refractivity contribution in [3.05, 3.63) is 0 Å². The van der Waals surface area contributed by atoms with Crippen molar-refractivity contribution < 1.29 is 9.47 Å². The minimum atomic E-state index is 0.462. The predicted octanol–water partition coefficient (Wildman–Crippen LogP) is 0.798. The van der Waals surface area contributed by atoms with Crippen LogP contribution in [-0.4, -0.2) is 74.4 Å². The van der Waals surface area contributed by atoms with Gasteiger partial charge in [0.2, 0.25) is 0 Å². The standard InChI is InChI=1S/C10H20N2O2S2/c1-11(2)9(15)7-13-5-6-14-8-10(16)12(3)4/h5-8H2,1-4H3. The zero-order chi connectivity index (χ0) is 12.6. The van der Waals surface area contributed by atoms with Gasteiger partial charge in [0.05, 0.1) is 26.4 Å². The molecule has 0 bridgehead atoms. The molecular formula is C10H20N2O2S2. The van der Waals surface area contributed by atoms with E-state index >= 15 is 0 Å². The van der Waals surface area contributed by atoms with Crippen molar-refractivity contribution in [2.75, 3.05) is 54.6 Å². The van der Waals surface area contributed by atoms with Gasteiger partial charge in [0, 0.05) is 28.2 Å². The van der Waals surface area contributed by atoms with E-state index in [0.717, 1.165) is 9.98 Å². The smallest absolute Gasteiger partial charge is 0.104 e. The van der Waals surface area contributed by atoms with E-state index in [9.17, 15) is 0 Å². The maximum Gasteiger partial charge on any atom is 0.104 e. The summed E-state index contributed by atoms with van der Waals surface area (Å²) in [5.74, 6) is 0. The van der Waals surface area contributed by atoms with E-state index in [-0.39, 0.29) is 0 Å². The summed E-state index contributed by atoms with van der Waals surface area (Å²) >= 11 is 10.1. The van der Waals surface area contributed by atoms with Gasteiger partial charge < -0.3 is 19.3 Å². The van der Waals surface area contributed by atoms with Crippen LogP contribution in [0.5, 0.6) is 0 Å². The molecule has 0 spiro atoms. The van der Waals surface area contributed by atoms with Crippen LogP contribution in [0.1, 0.15) is 0 Å². The molecule has 0 aromatic rings. The Morgan fingerprint density at radius 3 is 1.38 bits per heavy atom. The van der Waals surface area contributed by atoms with Crippen molar-refractivity contribution in [1.29, 1.82) is 0 Å². The Morgan fingerprint density at radius 2 is 1.12 bits per heavy atom. The first kappa shape index (κ1) is 15.7. The van der Waals surface area contributed by atoms with Crippen LogP contribution in [0, 0.1) is 0 Å². The van der Waals surface area contributed by atoms with Gasteiger partial charge in [-0.1, -0.05) is 24.4 Å². The first-order chi connectivity index (χ1) is 7.45.